The Kier molecular flexibility index (Phi) is 4.80. The van der Waals surface area contributed by atoms with Gasteiger partial charge in [0.15, 0.2) is 0 Å². The fraction of sp³-hybridized carbons (Fsp3) is 0.667. The van der Waals surface area contributed by atoms with E-state index in [0.29, 0.717) is 0 Å². The van der Waals surface area contributed by atoms with Crippen LogP contribution in [0.5, 0.6) is 0 Å². The summed E-state index contributed by atoms with van der Waals surface area (Å²) in [5.41, 5.74) is -5.79. The number of rotatable bonds is 4. The number of ether oxygens (including phenoxy) is 1. The maximum atomic E-state index is 12.2. The van der Waals surface area contributed by atoms with Gasteiger partial charge in [-0.25, -0.2) is 4.79 Å². The minimum Gasteiger partial charge on any atom is -0.462 e. The van der Waals surface area contributed by atoms with Gasteiger partial charge in [-0.05, 0) is 6.92 Å². The lowest BCUT2D eigenvalue weighted by molar-refractivity contribution is -0.138. The Morgan fingerprint density at radius 1 is 1.42 bits per heavy atom. The third-order valence-corrected chi connectivity index (χ3v) is 3.17. The van der Waals surface area contributed by atoms with Crippen molar-refractivity contribution in [2.24, 2.45) is 0 Å². The molecule has 0 aliphatic carbocycles. The van der Waals surface area contributed by atoms with Crippen LogP contribution in [-0.2, 0) is 23.8 Å². The van der Waals surface area contributed by atoms with Gasteiger partial charge in [-0.15, -0.1) is 0 Å². The summed E-state index contributed by atoms with van der Waals surface area (Å²) in [6, 6.07) is 0. The van der Waals surface area contributed by atoms with Crippen LogP contribution in [0.4, 0.5) is 13.2 Å². The number of carbonyl (C=O) groups excluding carboxylic acids is 1. The molecule has 19 heavy (non-hydrogen) atoms. The summed E-state index contributed by atoms with van der Waals surface area (Å²) < 4.78 is 67.0. The van der Waals surface area contributed by atoms with Crippen molar-refractivity contribution in [2.45, 2.75) is 18.9 Å². The van der Waals surface area contributed by atoms with Crippen LogP contribution >= 0.6 is 0 Å². The molecule has 1 heterocycles. The second-order valence-corrected chi connectivity index (χ2v) is 5.07. The summed E-state index contributed by atoms with van der Waals surface area (Å²) in [7, 11) is -5.77. The highest BCUT2D eigenvalue weighted by atomic mass is 32.2. The third-order valence-electron chi connectivity index (χ3n) is 2.18. The first-order valence-electron chi connectivity index (χ1n) is 5.29. The van der Waals surface area contributed by atoms with E-state index in [9.17, 15) is 26.4 Å². The summed E-state index contributed by atoms with van der Waals surface area (Å²) >= 11 is 0. The first-order valence-corrected chi connectivity index (χ1v) is 6.70. The highest BCUT2D eigenvalue weighted by Crippen LogP contribution is 2.29. The van der Waals surface area contributed by atoms with E-state index in [1.54, 1.807) is 0 Å². The fourth-order valence-corrected chi connectivity index (χ4v) is 1.88. The molecule has 0 radical (unpaired) electrons. The zero-order valence-electron chi connectivity index (χ0n) is 9.91. The van der Waals surface area contributed by atoms with Crippen LogP contribution in [0.25, 0.3) is 0 Å². The molecule has 0 bridgehead atoms. The standard InChI is InChI=1S/C9H12F3NO5S/c1-2-17-8(14)6-5-13-4-3-7(6)18-19(15,16)9(10,11)12/h13H,2-5H2,1H3. The van der Waals surface area contributed by atoms with E-state index in [0.717, 1.165) is 0 Å². The van der Waals surface area contributed by atoms with Crippen molar-refractivity contribution in [1.29, 1.82) is 0 Å². The molecule has 10 heteroatoms. The van der Waals surface area contributed by atoms with Gasteiger partial charge in [0.25, 0.3) is 0 Å². The molecule has 0 saturated heterocycles. The molecule has 0 fully saturated rings. The zero-order valence-corrected chi connectivity index (χ0v) is 10.7. The lowest BCUT2D eigenvalue weighted by Gasteiger charge is -2.20. The predicted molar refractivity (Wildman–Crippen MR) is 57.2 cm³/mol. The highest BCUT2D eigenvalue weighted by molar-refractivity contribution is 7.87. The van der Waals surface area contributed by atoms with Crippen LogP contribution in [0.1, 0.15) is 13.3 Å². The molecule has 1 aliphatic rings. The first-order chi connectivity index (χ1) is 8.69. The van der Waals surface area contributed by atoms with Crippen molar-refractivity contribution in [3.63, 3.8) is 0 Å². The predicted octanol–water partition coefficient (Wildman–Crippen LogP) is 0.663. The molecule has 1 N–H and O–H groups in total. The fourth-order valence-electron chi connectivity index (χ4n) is 1.34. The number of hydrogen-bond acceptors (Lipinski definition) is 6. The number of carbonyl (C=O) groups is 1. The van der Waals surface area contributed by atoms with Crippen molar-refractivity contribution in [2.75, 3.05) is 19.7 Å². The van der Waals surface area contributed by atoms with Gasteiger partial charge in [0.2, 0.25) is 0 Å². The topological polar surface area (TPSA) is 81.7 Å². The molecule has 1 aliphatic heterocycles. The second-order valence-electron chi connectivity index (χ2n) is 3.53. The van der Waals surface area contributed by atoms with Gasteiger partial charge in [-0.3, -0.25) is 0 Å². The van der Waals surface area contributed by atoms with Gasteiger partial charge in [-0.1, -0.05) is 0 Å². The molecule has 0 spiro atoms. The Balaban J connectivity index is 3.03. The molecule has 0 unspecified atom stereocenters. The van der Waals surface area contributed by atoms with E-state index in [2.05, 4.69) is 14.2 Å². The Morgan fingerprint density at radius 3 is 2.58 bits per heavy atom. The van der Waals surface area contributed by atoms with Crippen molar-refractivity contribution < 1.29 is 35.3 Å². The lowest BCUT2D eigenvalue weighted by Crippen LogP contribution is -2.33. The quantitative estimate of drug-likeness (QED) is 0.467. The van der Waals surface area contributed by atoms with Crippen molar-refractivity contribution in [3.05, 3.63) is 11.3 Å². The van der Waals surface area contributed by atoms with Gasteiger partial charge >= 0.3 is 21.6 Å². The monoisotopic (exact) mass is 303 g/mol. The van der Waals surface area contributed by atoms with Crippen molar-refractivity contribution >= 4 is 16.1 Å². The Labute approximate surface area is 107 Å². The van der Waals surface area contributed by atoms with Crippen LogP contribution in [-0.4, -0.2) is 39.6 Å². The van der Waals surface area contributed by atoms with E-state index >= 15 is 0 Å². The van der Waals surface area contributed by atoms with Crippen LogP contribution < -0.4 is 5.32 Å². The smallest absolute Gasteiger partial charge is 0.462 e. The van der Waals surface area contributed by atoms with Crippen LogP contribution in [0.3, 0.4) is 0 Å². The normalized spacial score (nSPS) is 17.3. The van der Waals surface area contributed by atoms with Crippen molar-refractivity contribution in [3.8, 4) is 0 Å². The van der Waals surface area contributed by atoms with E-state index in [1.165, 1.54) is 6.92 Å². The van der Waals surface area contributed by atoms with Crippen LogP contribution in [0, 0.1) is 0 Å². The minimum atomic E-state index is -5.77. The van der Waals surface area contributed by atoms with Crippen molar-refractivity contribution in [1.82, 2.24) is 5.32 Å². The molecular weight excluding hydrogens is 291 g/mol. The van der Waals surface area contributed by atoms with Gasteiger partial charge in [0.1, 0.15) is 5.76 Å². The van der Waals surface area contributed by atoms with E-state index in [4.69, 9.17) is 0 Å². The molecule has 0 saturated carbocycles. The minimum absolute atomic E-state index is 0.0155. The Morgan fingerprint density at radius 2 is 2.05 bits per heavy atom. The number of hydrogen-bond donors (Lipinski definition) is 1. The van der Waals surface area contributed by atoms with Crippen LogP contribution in [0.15, 0.2) is 11.3 Å². The Bertz CT molecular complexity index is 483. The molecule has 110 valence electrons. The second kappa shape index (κ2) is 5.78. The Hall–Kier alpha value is -1.29. The SMILES string of the molecule is CCOC(=O)C1=C(OS(=O)(=O)C(F)(F)F)CCNC1. The molecule has 6 nitrogen and oxygen atoms in total. The lowest BCUT2D eigenvalue weighted by atomic mass is 10.1. The molecule has 0 amide bonds. The van der Waals surface area contributed by atoms with Crippen LogP contribution in [0.2, 0.25) is 0 Å². The van der Waals surface area contributed by atoms with Gasteiger partial charge in [0.05, 0.1) is 12.2 Å². The van der Waals surface area contributed by atoms with E-state index < -0.39 is 27.4 Å². The summed E-state index contributed by atoms with van der Waals surface area (Å²) in [5, 5.41) is 2.71. The summed E-state index contributed by atoms with van der Waals surface area (Å²) in [6.45, 7) is 1.62. The van der Waals surface area contributed by atoms with E-state index in [-0.39, 0.29) is 31.7 Å². The molecule has 0 aromatic heterocycles. The molecule has 0 atom stereocenters. The third kappa shape index (κ3) is 3.83. The molecular formula is C9H12F3NO5S. The number of alkyl halides is 3. The average Bonchev–Trinajstić information content (AvgIpc) is 2.28. The maximum Gasteiger partial charge on any atom is 0.534 e. The highest BCUT2D eigenvalue weighted by Gasteiger charge is 2.49. The van der Waals surface area contributed by atoms with E-state index in [1.807, 2.05) is 0 Å². The average molecular weight is 303 g/mol. The van der Waals surface area contributed by atoms with Gasteiger partial charge in [-0.2, -0.15) is 21.6 Å². The zero-order chi connectivity index (χ0) is 14.7. The molecule has 0 aromatic carbocycles. The molecule has 0 aromatic rings. The first kappa shape index (κ1) is 15.8. The summed E-state index contributed by atoms with van der Waals surface area (Å²) in [6.07, 6.45) is -0.149. The summed E-state index contributed by atoms with van der Waals surface area (Å²) in [4.78, 5) is 11.5. The summed E-state index contributed by atoms with van der Waals surface area (Å²) in [5.74, 6) is -1.43. The number of halogens is 3. The van der Waals surface area contributed by atoms with Gasteiger partial charge < -0.3 is 14.2 Å². The number of nitrogens with one attached hydrogen (secondary N) is 1. The van der Waals surface area contributed by atoms with Gasteiger partial charge in [0, 0.05) is 19.5 Å². The maximum absolute atomic E-state index is 12.2. The number of esters is 1. The largest absolute Gasteiger partial charge is 0.534 e. The molecule has 1 rings (SSSR count).